The number of aromatic amines is 1. The average molecular weight is 331 g/mol. The summed E-state index contributed by atoms with van der Waals surface area (Å²) in [5.41, 5.74) is -0.455. The van der Waals surface area contributed by atoms with Crippen LogP contribution in [0.4, 0.5) is 0 Å². The fourth-order valence-corrected chi connectivity index (χ4v) is 2.02. The number of H-pyrrole nitrogens is 1. The first kappa shape index (κ1) is 17.2. The van der Waals surface area contributed by atoms with Crippen molar-refractivity contribution in [2.45, 2.75) is 0 Å². The summed E-state index contributed by atoms with van der Waals surface area (Å²) in [6.07, 6.45) is 0. The van der Waals surface area contributed by atoms with Crippen molar-refractivity contribution in [2.75, 3.05) is 27.2 Å². The van der Waals surface area contributed by atoms with Gasteiger partial charge in [0.2, 0.25) is 5.91 Å². The van der Waals surface area contributed by atoms with Crippen molar-refractivity contribution in [1.82, 2.24) is 15.2 Å². The Morgan fingerprint density at radius 3 is 2.67 bits per heavy atom. The van der Waals surface area contributed by atoms with Crippen LogP contribution in [0, 0.1) is 0 Å². The highest BCUT2D eigenvalue weighted by Gasteiger charge is 2.16. The smallest absolute Gasteiger partial charge is 0.355 e. The number of ether oxygens (including phenoxy) is 1. The fraction of sp³-hybridized carbons (Fsp3) is 0.250. The average Bonchev–Trinajstić information content (AvgIpc) is 2.58. The van der Waals surface area contributed by atoms with Crippen LogP contribution in [0.3, 0.4) is 0 Å². The van der Waals surface area contributed by atoms with Gasteiger partial charge < -0.3 is 19.9 Å². The van der Waals surface area contributed by atoms with E-state index in [9.17, 15) is 19.2 Å². The Kier molecular flexibility index (Phi) is 5.31. The summed E-state index contributed by atoms with van der Waals surface area (Å²) in [4.78, 5) is 50.5. The summed E-state index contributed by atoms with van der Waals surface area (Å²) in [6.45, 7) is -0.666. The molecule has 0 aliphatic rings. The van der Waals surface area contributed by atoms with Gasteiger partial charge in [0.05, 0.1) is 6.54 Å². The van der Waals surface area contributed by atoms with E-state index in [0.717, 1.165) is 4.90 Å². The number of carbonyl (C=O) groups is 3. The van der Waals surface area contributed by atoms with Gasteiger partial charge in [-0.1, -0.05) is 18.2 Å². The van der Waals surface area contributed by atoms with Gasteiger partial charge in [0.15, 0.2) is 6.61 Å². The fourth-order valence-electron chi connectivity index (χ4n) is 2.02. The van der Waals surface area contributed by atoms with Crippen molar-refractivity contribution in [3.8, 4) is 0 Å². The van der Waals surface area contributed by atoms with Crippen LogP contribution in [0.2, 0.25) is 0 Å². The van der Waals surface area contributed by atoms with Crippen LogP contribution in [0.25, 0.3) is 10.8 Å². The monoisotopic (exact) mass is 331 g/mol. The molecule has 0 spiro atoms. The van der Waals surface area contributed by atoms with Gasteiger partial charge in [0.25, 0.3) is 11.5 Å². The molecule has 0 atom stereocenters. The zero-order valence-electron chi connectivity index (χ0n) is 13.3. The maximum Gasteiger partial charge on any atom is 0.355 e. The molecule has 0 saturated carbocycles. The Hall–Kier alpha value is -3.16. The third kappa shape index (κ3) is 3.97. The van der Waals surface area contributed by atoms with Gasteiger partial charge in [-0.15, -0.1) is 0 Å². The van der Waals surface area contributed by atoms with E-state index in [2.05, 4.69) is 10.3 Å². The number of nitrogens with zero attached hydrogens (tertiary/aromatic N) is 1. The molecule has 8 nitrogen and oxygen atoms in total. The van der Waals surface area contributed by atoms with Gasteiger partial charge in [0.1, 0.15) is 5.69 Å². The number of benzene rings is 1. The van der Waals surface area contributed by atoms with E-state index in [-0.39, 0.29) is 18.1 Å². The molecule has 0 radical (unpaired) electrons. The third-order valence-electron chi connectivity index (χ3n) is 3.39. The highest BCUT2D eigenvalue weighted by atomic mass is 16.5. The number of esters is 1. The molecular formula is C16H17N3O5. The third-order valence-corrected chi connectivity index (χ3v) is 3.39. The Balaban J connectivity index is 2.04. The number of pyridine rings is 1. The quantitative estimate of drug-likeness (QED) is 0.743. The second-order valence-electron chi connectivity index (χ2n) is 5.10. The predicted molar refractivity (Wildman–Crippen MR) is 86.6 cm³/mol. The van der Waals surface area contributed by atoms with Gasteiger partial charge in [-0.05, 0) is 17.5 Å². The summed E-state index contributed by atoms with van der Waals surface area (Å²) in [7, 11) is 2.88. The number of fused-ring (bicyclic) bond motifs is 1. The van der Waals surface area contributed by atoms with Gasteiger partial charge in [-0.2, -0.15) is 0 Å². The van der Waals surface area contributed by atoms with Crippen LogP contribution in [0.5, 0.6) is 0 Å². The van der Waals surface area contributed by atoms with Crippen LogP contribution < -0.4 is 10.9 Å². The predicted octanol–water partition coefficient (Wildman–Crippen LogP) is -0.111. The first-order chi connectivity index (χ1) is 11.4. The van der Waals surface area contributed by atoms with Crippen molar-refractivity contribution in [3.63, 3.8) is 0 Å². The maximum atomic E-state index is 12.0. The minimum atomic E-state index is -0.820. The number of likely N-dealkylation sites (N-methyl/N-ethyl adjacent to an activating group) is 2. The zero-order valence-corrected chi connectivity index (χ0v) is 13.3. The minimum Gasteiger partial charge on any atom is -0.451 e. The molecule has 0 bridgehead atoms. The van der Waals surface area contributed by atoms with Crippen LogP contribution in [-0.4, -0.2) is 54.9 Å². The Labute approximate surface area is 137 Å². The van der Waals surface area contributed by atoms with Crippen molar-refractivity contribution in [3.05, 3.63) is 46.4 Å². The number of nitrogens with one attached hydrogen (secondary N) is 2. The molecule has 2 rings (SSSR count). The zero-order chi connectivity index (χ0) is 17.7. The van der Waals surface area contributed by atoms with Crippen molar-refractivity contribution >= 4 is 28.6 Å². The molecule has 126 valence electrons. The van der Waals surface area contributed by atoms with Crippen molar-refractivity contribution in [1.29, 1.82) is 0 Å². The lowest BCUT2D eigenvalue weighted by atomic mass is 10.1. The second-order valence-corrected chi connectivity index (χ2v) is 5.10. The van der Waals surface area contributed by atoms with E-state index >= 15 is 0 Å². The minimum absolute atomic E-state index is 0.0412. The van der Waals surface area contributed by atoms with E-state index in [0.29, 0.717) is 10.8 Å². The number of hydrogen-bond acceptors (Lipinski definition) is 5. The lowest BCUT2D eigenvalue weighted by Crippen LogP contribution is -2.39. The second kappa shape index (κ2) is 7.40. The molecule has 2 aromatic rings. The van der Waals surface area contributed by atoms with E-state index in [1.165, 1.54) is 20.2 Å². The highest BCUT2D eigenvalue weighted by Crippen LogP contribution is 2.10. The number of hydrogen-bond donors (Lipinski definition) is 2. The number of amides is 2. The van der Waals surface area contributed by atoms with Crippen LogP contribution >= 0.6 is 0 Å². The van der Waals surface area contributed by atoms with E-state index in [1.807, 2.05) is 0 Å². The summed E-state index contributed by atoms with van der Waals surface area (Å²) in [5, 5.41) is 3.43. The van der Waals surface area contributed by atoms with E-state index in [1.54, 1.807) is 24.3 Å². The Bertz CT molecular complexity index is 843. The maximum absolute atomic E-state index is 12.0. The first-order valence-electron chi connectivity index (χ1n) is 7.16. The molecule has 0 fully saturated rings. The van der Waals surface area contributed by atoms with Crippen molar-refractivity contribution in [2.24, 2.45) is 0 Å². The number of aromatic nitrogens is 1. The molecule has 24 heavy (non-hydrogen) atoms. The molecule has 0 unspecified atom stereocenters. The summed E-state index contributed by atoms with van der Waals surface area (Å²) < 4.78 is 4.90. The molecular weight excluding hydrogens is 314 g/mol. The Morgan fingerprint density at radius 2 is 1.96 bits per heavy atom. The molecule has 1 aromatic carbocycles. The van der Waals surface area contributed by atoms with Crippen molar-refractivity contribution < 1.29 is 19.1 Å². The SMILES string of the molecule is CNC(=O)CN(C)C(=O)COC(=O)c1cc2ccccc2c(=O)[nH]1. The summed E-state index contributed by atoms with van der Waals surface area (Å²) >= 11 is 0. The molecule has 1 aromatic heterocycles. The topological polar surface area (TPSA) is 109 Å². The Morgan fingerprint density at radius 1 is 1.25 bits per heavy atom. The van der Waals surface area contributed by atoms with Crippen LogP contribution in [0.1, 0.15) is 10.5 Å². The molecule has 2 amide bonds. The first-order valence-corrected chi connectivity index (χ1v) is 7.16. The van der Waals surface area contributed by atoms with Gasteiger partial charge in [0, 0.05) is 19.5 Å². The standard InChI is InChI=1S/C16H17N3O5/c1-17-13(20)8-19(2)14(21)9-24-16(23)12-7-10-5-3-4-6-11(10)15(22)18-12/h3-7H,8-9H2,1-2H3,(H,17,20)(H,18,22). The molecule has 0 aliphatic heterocycles. The number of rotatable bonds is 5. The number of carbonyl (C=O) groups excluding carboxylic acids is 3. The van der Waals surface area contributed by atoms with Crippen LogP contribution in [0.15, 0.2) is 35.1 Å². The molecule has 0 saturated heterocycles. The highest BCUT2D eigenvalue weighted by molar-refractivity contribution is 5.94. The lowest BCUT2D eigenvalue weighted by molar-refractivity contribution is -0.137. The largest absolute Gasteiger partial charge is 0.451 e. The molecule has 1 heterocycles. The van der Waals surface area contributed by atoms with E-state index in [4.69, 9.17) is 4.74 Å². The molecule has 8 heteroatoms. The van der Waals surface area contributed by atoms with E-state index < -0.39 is 24.0 Å². The van der Waals surface area contributed by atoms with Crippen LogP contribution in [-0.2, 0) is 14.3 Å². The summed E-state index contributed by atoms with van der Waals surface area (Å²) in [5.74, 6) is -1.69. The normalized spacial score (nSPS) is 10.2. The molecule has 0 aliphatic carbocycles. The van der Waals surface area contributed by atoms with Gasteiger partial charge in [-0.25, -0.2) is 4.79 Å². The van der Waals surface area contributed by atoms with Gasteiger partial charge >= 0.3 is 5.97 Å². The van der Waals surface area contributed by atoms with Gasteiger partial charge in [-0.3, -0.25) is 14.4 Å². The summed E-state index contributed by atoms with van der Waals surface area (Å²) in [6, 6.07) is 8.28. The lowest BCUT2D eigenvalue weighted by Gasteiger charge is -2.15. The molecule has 2 N–H and O–H groups in total.